The quantitative estimate of drug-likeness (QED) is 0.459. The largest absolute Gasteiger partial charge is 0.394 e. The van der Waals surface area contributed by atoms with Gasteiger partial charge in [-0.05, 0) is 0 Å². The van der Waals surface area contributed by atoms with Crippen molar-refractivity contribution in [3.8, 4) is 0 Å². The maximum atomic E-state index is 11.5. The molecule has 1 amide bonds. The second-order valence-corrected chi connectivity index (χ2v) is 3.99. The molecule has 1 fully saturated rings. The Balaban J connectivity index is 1.99. The Hall–Kier alpha value is -0.910. The summed E-state index contributed by atoms with van der Waals surface area (Å²) in [6.07, 6.45) is 2.41. The molecule has 0 aromatic carbocycles. The Morgan fingerprint density at radius 3 is 2.65 bits per heavy atom. The molecule has 1 saturated heterocycles. The first-order chi connectivity index (χ1) is 8.27. The molecule has 1 N–H and O–H groups in total. The molecule has 0 saturated carbocycles. The molecule has 0 radical (unpaired) electrons. The lowest BCUT2D eigenvalue weighted by Gasteiger charge is -2.15. The summed E-state index contributed by atoms with van der Waals surface area (Å²) in [6, 6.07) is 0. The molecule has 1 heterocycles. The predicted molar refractivity (Wildman–Crippen MR) is 63.6 cm³/mol. The third-order valence-corrected chi connectivity index (χ3v) is 2.69. The van der Waals surface area contributed by atoms with Crippen molar-refractivity contribution in [3.63, 3.8) is 0 Å². The summed E-state index contributed by atoms with van der Waals surface area (Å²) in [7, 11) is 0. The number of likely N-dealkylation sites (tertiary alicyclic amines) is 1. The zero-order valence-corrected chi connectivity index (χ0v) is 10.1. The summed E-state index contributed by atoms with van der Waals surface area (Å²) in [5, 5.41) is 8.47. The molecule has 1 rings (SSSR count). The van der Waals surface area contributed by atoms with E-state index in [4.69, 9.17) is 14.6 Å². The number of nitrogens with zero attached hydrogens (tertiary/aromatic N) is 1. The molecule has 5 nitrogen and oxygen atoms in total. The Morgan fingerprint density at radius 1 is 1.35 bits per heavy atom. The SMILES string of the molecule is C=CC1CC(=O)N(CCOCCOCCO)C1. The van der Waals surface area contributed by atoms with Crippen LogP contribution in [-0.2, 0) is 14.3 Å². The normalized spacial score (nSPS) is 19.9. The molecule has 98 valence electrons. The van der Waals surface area contributed by atoms with Gasteiger partial charge < -0.3 is 19.5 Å². The molecule has 1 unspecified atom stereocenters. The van der Waals surface area contributed by atoms with Crippen LogP contribution in [0.1, 0.15) is 6.42 Å². The van der Waals surface area contributed by atoms with Gasteiger partial charge in [0.15, 0.2) is 0 Å². The van der Waals surface area contributed by atoms with E-state index >= 15 is 0 Å². The summed E-state index contributed by atoms with van der Waals surface area (Å²) >= 11 is 0. The van der Waals surface area contributed by atoms with Crippen LogP contribution in [0.3, 0.4) is 0 Å². The number of carbonyl (C=O) groups excluding carboxylic acids is 1. The molecular weight excluding hydrogens is 222 g/mol. The number of hydrogen-bond donors (Lipinski definition) is 1. The fourth-order valence-electron chi connectivity index (χ4n) is 1.74. The maximum Gasteiger partial charge on any atom is 0.223 e. The van der Waals surface area contributed by atoms with Gasteiger partial charge in [-0.25, -0.2) is 0 Å². The molecule has 0 aromatic heterocycles. The van der Waals surface area contributed by atoms with Gasteiger partial charge in [-0.3, -0.25) is 4.79 Å². The van der Waals surface area contributed by atoms with Crippen LogP contribution in [-0.4, -0.2) is 62.0 Å². The summed E-state index contributed by atoms with van der Waals surface area (Å²) in [5.41, 5.74) is 0. The zero-order chi connectivity index (χ0) is 12.5. The van der Waals surface area contributed by atoms with Gasteiger partial charge in [0.2, 0.25) is 5.91 Å². The molecule has 0 aliphatic carbocycles. The van der Waals surface area contributed by atoms with Crippen LogP contribution < -0.4 is 0 Å². The van der Waals surface area contributed by atoms with Gasteiger partial charge in [0.25, 0.3) is 0 Å². The first-order valence-electron chi connectivity index (χ1n) is 5.94. The van der Waals surface area contributed by atoms with Crippen molar-refractivity contribution in [2.24, 2.45) is 5.92 Å². The number of aliphatic hydroxyl groups excluding tert-OH is 1. The number of aliphatic hydroxyl groups is 1. The van der Waals surface area contributed by atoms with Crippen LogP contribution >= 0.6 is 0 Å². The highest BCUT2D eigenvalue weighted by atomic mass is 16.5. The summed E-state index contributed by atoms with van der Waals surface area (Å²) < 4.78 is 10.4. The highest BCUT2D eigenvalue weighted by Gasteiger charge is 2.26. The number of carbonyl (C=O) groups is 1. The van der Waals surface area contributed by atoms with Crippen molar-refractivity contribution in [1.82, 2.24) is 4.90 Å². The minimum atomic E-state index is 0.0330. The van der Waals surface area contributed by atoms with Crippen molar-refractivity contribution in [2.45, 2.75) is 6.42 Å². The van der Waals surface area contributed by atoms with Gasteiger partial charge in [0, 0.05) is 25.4 Å². The zero-order valence-electron chi connectivity index (χ0n) is 10.1. The Kier molecular flexibility index (Phi) is 6.84. The average Bonchev–Trinajstić information content (AvgIpc) is 2.69. The van der Waals surface area contributed by atoms with E-state index in [1.165, 1.54) is 0 Å². The maximum absolute atomic E-state index is 11.5. The Bertz CT molecular complexity index is 245. The summed E-state index contributed by atoms with van der Waals surface area (Å²) in [5.74, 6) is 0.463. The predicted octanol–water partition coefficient (Wildman–Crippen LogP) is 0.0464. The fourth-order valence-corrected chi connectivity index (χ4v) is 1.74. The van der Waals surface area contributed by atoms with Crippen molar-refractivity contribution < 1.29 is 19.4 Å². The standard InChI is InChI=1S/C12H21NO4/c1-2-11-9-12(15)13(10-11)3-5-16-7-8-17-6-4-14/h2,11,14H,1,3-10H2. The lowest BCUT2D eigenvalue weighted by atomic mass is 10.1. The third kappa shape index (κ3) is 5.30. The van der Waals surface area contributed by atoms with Crippen molar-refractivity contribution in [3.05, 3.63) is 12.7 Å². The van der Waals surface area contributed by atoms with Crippen LogP contribution in [0.25, 0.3) is 0 Å². The van der Waals surface area contributed by atoms with Gasteiger partial charge in [-0.1, -0.05) is 6.08 Å². The molecule has 17 heavy (non-hydrogen) atoms. The molecule has 1 atom stereocenters. The van der Waals surface area contributed by atoms with E-state index in [9.17, 15) is 4.79 Å². The van der Waals surface area contributed by atoms with Gasteiger partial charge in [-0.2, -0.15) is 0 Å². The van der Waals surface area contributed by atoms with Crippen LogP contribution in [0.2, 0.25) is 0 Å². The van der Waals surface area contributed by atoms with Crippen LogP contribution in [0.15, 0.2) is 12.7 Å². The summed E-state index contributed by atoms with van der Waals surface area (Å²) in [6.45, 7) is 6.96. The first-order valence-corrected chi connectivity index (χ1v) is 5.94. The minimum absolute atomic E-state index is 0.0330. The van der Waals surface area contributed by atoms with E-state index < -0.39 is 0 Å². The molecule has 1 aliphatic rings. The number of rotatable bonds is 9. The average molecular weight is 243 g/mol. The lowest BCUT2D eigenvalue weighted by Crippen LogP contribution is -2.29. The smallest absolute Gasteiger partial charge is 0.223 e. The Morgan fingerprint density at radius 2 is 2.06 bits per heavy atom. The van der Waals surface area contributed by atoms with Crippen molar-refractivity contribution in [2.75, 3.05) is 46.1 Å². The van der Waals surface area contributed by atoms with E-state index in [-0.39, 0.29) is 18.4 Å². The van der Waals surface area contributed by atoms with Gasteiger partial charge in [0.05, 0.1) is 33.0 Å². The number of amides is 1. The van der Waals surface area contributed by atoms with E-state index in [0.717, 1.165) is 6.54 Å². The third-order valence-electron chi connectivity index (χ3n) is 2.69. The van der Waals surface area contributed by atoms with Crippen LogP contribution in [0.5, 0.6) is 0 Å². The van der Waals surface area contributed by atoms with Gasteiger partial charge >= 0.3 is 0 Å². The molecule has 0 spiro atoms. The summed E-state index contributed by atoms with van der Waals surface area (Å²) in [4.78, 5) is 13.3. The minimum Gasteiger partial charge on any atom is -0.394 e. The molecule has 1 aliphatic heterocycles. The second kappa shape index (κ2) is 8.22. The van der Waals surface area contributed by atoms with E-state index in [2.05, 4.69) is 6.58 Å². The first kappa shape index (κ1) is 14.2. The second-order valence-electron chi connectivity index (χ2n) is 3.99. The number of hydrogen-bond acceptors (Lipinski definition) is 4. The Labute approximate surface area is 102 Å². The molecule has 5 heteroatoms. The van der Waals surface area contributed by atoms with Crippen molar-refractivity contribution in [1.29, 1.82) is 0 Å². The van der Waals surface area contributed by atoms with Crippen molar-refractivity contribution >= 4 is 5.91 Å². The fraction of sp³-hybridized carbons (Fsp3) is 0.750. The monoisotopic (exact) mass is 243 g/mol. The molecule has 0 aromatic rings. The lowest BCUT2D eigenvalue weighted by molar-refractivity contribution is -0.128. The topological polar surface area (TPSA) is 59.0 Å². The molecular formula is C12H21NO4. The van der Waals surface area contributed by atoms with E-state index in [1.54, 1.807) is 4.90 Å². The van der Waals surface area contributed by atoms with Gasteiger partial charge in [0.1, 0.15) is 0 Å². The van der Waals surface area contributed by atoms with Crippen LogP contribution in [0.4, 0.5) is 0 Å². The van der Waals surface area contributed by atoms with E-state index in [0.29, 0.717) is 39.4 Å². The highest BCUT2D eigenvalue weighted by molar-refractivity contribution is 5.78. The number of ether oxygens (including phenoxy) is 2. The van der Waals surface area contributed by atoms with Crippen LogP contribution in [0, 0.1) is 5.92 Å². The highest BCUT2D eigenvalue weighted by Crippen LogP contribution is 2.17. The van der Waals surface area contributed by atoms with Gasteiger partial charge in [-0.15, -0.1) is 6.58 Å². The van der Waals surface area contributed by atoms with E-state index in [1.807, 2.05) is 6.08 Å². The molecule has 0 bridgehead atoms.